The Bertz CT molecular complexity index is 646. The number of halogens is 3. The third-order valence-corrected chi connectivity index (χ3v) is 4.48. The van der Waals surface area contributed by atoms with Crippen LogP contribution in [0.25, 0.3) is 0 Å². The van der Waals surface area contributed by atoms with E-state index in [0.717, 1.165) is 10.0 Å². The summed E-state index contributed by atoms with van der Waals surface area (Å²) in [5.41, 5.74) is 1.46. The minimum absolute atomic E-state index is 0.0979. The number of nitrogens with zero attached hydrogens (tertiary/aromatic N) is 1. The van der Waals surface area contributed by atoms with Crippen molar-refractivity contribution in [1.29, 1.82) is 0 Å². The van der Waals surface area contributed by atoms with Gasteiger partial charge in [-0.05, 0) is 45.8 Å². The van der Waals surface area contributed by atoms with E-state index in [2.05, 4.69) is 15.9 Å². The number of benzene rings is 2. The Morgan fingerprint density at radius 3 is 2.50 bits per heavy atom. The van der Waals surface area contributed by atoms with E-state index in [1.807, 2.05) is 24.3 Å². The van der Waals surface area contributed by atoms with Gasteiger partial charge in [-0.1, -0.05) is 41.4 Å². The molecular weight excluding hydrogens is 361 g/mol. The van der Waals surface area contributed by atoms with Crippen molar-refractivity contribution in [1.82, 2.24) is 4.90 Å². The fourth-order valence-electron chi connectivity index (χ4n) is 1.80. The highest BCUT2D eigenvalue weighted by molar-refractivity contribution is 9.10. The molecule has 2 aromatic carbocycles. The Kier molecular flexibility index (Phi) is 5.08. The zero-order valence-corrected chi connectivity index (χ0v) is 13.8. The molecule has 5 heteroatoms. The first-order chi connectivity index (χ1) is 9.49. The van der Waals surface area contributed by atoms with Gasteiger partial charge >= 0.3 is 0 Å². The van der Waals surface area contributed by atoms with E-state index >= 15 is 0 Å². The van der Waals surface area contributed by atoms with Crippen LogP contribution in [0.15, 0.2) is 46.9 Å². The summed E-state index contributed by atoms with van der Waals surface area (Å²) in [6.07, 6.45) is 0. The van der Waals surface area contributed by atoms with E-state index < -0.39 is 0 Å². The summed E-state index contributed by atoms with van der Waals surface area (Å²) in [5, 5.41) is 1.17. The number of amides is 1. The predicted molar refractivity (Wildman–Crippen MR) is 86.4 cm³/mol. The lowest BCUT2D eigenvalue weighted by Crippen LogP contribution is -2.26. The second-order valence-corrected chi connectivity index (χ2v) is 6.05. The van der Waals surface area contributed by atoms with Gasteiger partial charge in [0.25, 0.3) is 5.91 Å². The van der Waals surface area contributed by atoms with Crippen LogP contribution in [0.1, 0.15) is 15.9 Å². The summed E-state index contributed by atoms with van der Waals surface area (Å²) in [6, 6.07) is 12.6. The quantitative estimate of drug-likeness (QED) is 0.739. The maximum Gasteiger partial charge on any atom is 0.253 e. The van der Waals surface area contributed by atoms with Crippen molar-refractivity contribution in [2.75, 3.05) is 7.05 Å². The van der Waals surface area contributed by atoms with Gasteiger partial charge < -0.3 is 4.90 Å². The second-order valence-electron chi connectivity index (χ2n) is 4.38. The van der Waals surface area contributed by atoms with Crippen molar-refractivity contribution >= 4 is 45.0 Å². The van der Waals surface area contributed by atoms with E-state index in [9.17, 15) is 4.79 Å². The zero-order chi connectivity index (χ0) is 14.7. The molecule has 20 heavy (non-hydrogen) atoms. The van der Waals surface area contributed by atoms with E-state index in [1.165, 1.54) is 0 Å². The smallest absolute Gasteiger partial charge is 0.253 e. The van der Waals surface area contributed by atoms with Gasteiger partial charge in [-0.3, -0.25) is 4.79 Å². The van der Waals surface area contributed by atoms with E-state index in [1.54, 1.807) is 30.1 Å². The maximum absolute atomic E-state index is 12.3. The standard InChI is InChI=1S/C15H12BrCl2NO/c1-19(9-11-4-2-3-5-13(11)17)15(20)10-6-7-12(16)14(18)8-10/h2-8H,9H2,1H3. The van der Waals surface area contributed by atoms with Gasteiger partial charge in [0.1, 0.15) is 0 Å². The summed E-state index contributed by atoms with van der Waals surface area (Å²) in [6.45, 7) is 0.451. The number of rotatable bonds is 3. The van der Waals surface area contributed by atoms with Crippen molar-refractivity contribution in [3.05, 3.63) is 68.1 Å². The molecule has 0 aliphatic rings. The van der Waals surface area contributed by atoms with Crippen LogP contribution >= 0.6 is 39.1 Å². The van der Waals surface area contributed by atoms with Gasteiger partial charge in [-0.15, -0.1) is 0 Å². The lowest BCUT2D eigenvalue weighted by Gasteiger charge is -2.18. The SMILES string of the molecule is CN(Cc1ccccc1Cl)C(=O)c1ccc(Br)c(Cl)c1. The Hall–Kier alpha value is -1.03. The Morgan fingerprint density at radius 2 is 1.85 bits per heavy atom. The van der Waals surface area contributed by atoms with Crippen LogP contribution < -0.4 is 0 Å². The molecule has 0 saturated heterocycles. The summed E-state index contributed by atoms with van der Waals surface area (Å²) >= 11 is 15.4. The largest absolute Gasteiger partial charge is 0.337 e. The van der Waals surface area contributed by atoms with Crippen LogP contribution in [0.3, 0.4) is 0 Å². The highest BCUT2D eigenvalue weighted by atomic mass is 79.9. The fraction of sp³-hybridized carbons (Fsp3) is 0.133. The molecule has 0 spiro atoms. The monoisotopic (exact) mass is 371 g/mol. The average Bonchev–Trinajstić information content (AvgIpc) is 2.43. The van der Waals surface area contributed by atoms with Crippen LogP contribution in [0.2, 0.25) is 10.0 Å². The highest BCUT2D eigenvalue weighted by Gasteiger charge is 2.14. The molecular formula is C15H12BrCl2NO. The summed E-state index contributed by atoms with van der Waals surface area (Å²) < 4.78 is 0.768. The molecule has 0 aromatic heterocycles. The normalized spacial score (nSPS) is 10.4. The predicted octanol–water partition coefficient (Wildman–Crippen LogP) is 5.03. The number of carbonyl (C=O) groups is 1. The van der Waals surface area contributed by atoms with Crippen molar-refractivity contribution < 1.29 is 4.79 Å². The third-order valence-electron chi connectivity index (χ3n) is 2.88. The third kappa shape index (κ3) is 3.54. The van der Waals surface area contributed by atoms with Crippen LogP contribution in [0, 0.1) is 0 Å². The summed E-state index contributed by atoms with van der Waals surface area (Å²) in [7, 11) is 1.74. The number of hydrogen-bond acceptors (Lipinski definition) is 1. The van der Waals surface area contributed by atoms with Crippen molar-refractivity contribution in [2.24, 2.45) is 0 Å². The summed E-state index contributed by atoms with van der Waals surface area (Å²) in [5.74, 6) is -0.0979. The highest BCUT2D eigenvalue weighted by Crippen LogP contribution is 2.24. The van der Waals surface area contributed by atoms with Crippen molar-refractivity contribution in [2.45, 2.75) is 6.54 Å². The Labute approximate surface area is 136 Å². The van der Waals surface area contributed by atoms with Crippen LogP contribution in [0.4, 0.5) is 0 Å². The Balaban J connectivity index is 2.16. The molecule has 0 atom stereocenters. The molecule has 0 heterocycles. The number of hydrogen-bond donors (Lipinski definition) is 0. The molecule has 0 saturated carbocycles. The van der Waals surface area contributed by atoms with Crippen LogP contribution in [-0.2, 0) is 6.54 Å². The first-order valence-electron chi connectivity index (χ1n) is 5.93. The molecule has 0 bridgehead atoms. The molecule has 0 unspecified atom stereocenters. The van der Waals surface area contributed by atoms with Crippen LogP contribution in [-0.4, -0.2) is 17.9 Å². The topological polar surface area (TPSA) is 20.3 Å². The van der Waals surface area contributed by atoms with E-state index in [-0.39, 0.29) is 5.91 Å². The molecule has 2 nitrogen and oxygen atoms in total. The molecule has 0 aliphatic heterocycles. The van der Waals surface area contributed by atoms with Crippen LogP contribution in [0.5, 0.6) is 0 Å². The van der Waals surface area contributed by atoms with Crippen molar-refractivity contribution in [3.63, 3.8) is 0 Å². The van der Waals surface area contributed by atoms with Gasteiger partial charge in [-0.2, -0.15) is 0 Å². The maximum atomic E-state index is 12.3. The molecule has 2 aromatic rings. The van der Waals surface area contributed by atoms with Crippen molar-refractivity contribution in [3.8, 4) is 0 Å². The van der Waals surface area contributed by atoms with E-state index in [0.29, 0.717) is 22.2 Å². The lowest BCUT2D eigenvalue weighted by molar-refractivity contribution is 0.0785. The first kappa shape index (κ1) is 15.4. The van der Waals surface area contributed by atoms with Gasteiger partial charge in [-0.25, -0.2) is 0 Å². The molecule has 0 fully saturated rings. The Morgan fingerprint density at radius 1 is 1.15 bits per heavy atom. The van der Waals surface area contributed by atoms with Gasteiger partial charge in [0.05, 0.1) is 5.02 Å². The molecule has 2 rings (SSSR count). The van der Waals surface area contributed by atoms with E-state index in [4.69, 9.17) is 23.2 Å². The average molecular weight is 373 g/mol. The zero-order valence-electron chi connectivity index (χ0n) is 10.7. The van der Waals surface area contributed by atoms with Gasteiger partial charge in [0.2, 0.25) is 0 Å². The number of carbonyl (C=O) groups excluding carboxylic acids is 1. The molecule has 1 amide bonds. The fourth-order valence-corrected chi connectivity index (χ4v) is 2.43. The van der Waals surface area contributed by atoms with Gasteiger partial charge in [0.15, 0.2) is 0 Å². The lowest BCUT2D eigenvalue weighted by atomic mass is 10.1. The molecule has 0 radical (unpaired) electrons. The molecule has 0 aliphatic carbocycles. The molecule has 0 N–H and O–H groups in total. The van der Waals surface area contributed by atoms with Gasteiger partial charge in [0, 0.05) is 28.7 Å². The minimum atomic E-state index is -0.0979. The second kappa shape index (κ2) is 6.61. The minimum Gasteiger partial charge on any atom is -0.337 e. The first-order valence-corrected chi connectivity index (χ1v) is 7.48. The summed E-state index contributed by atoms with van der Waals surface area (Å²) in [4.78, 5) is 13.9. The molecule has 104 valence electrons.